The van der Waals surface area contributed by atoms with E-state index >= 15 is 0 Å². The van der Waals surface area contributed by atoms with Crippen LogP contribution in [0.5, 0.6) is 11.5 Å². The van der Waals surface area contributed by atoms with Crippen LogP contribution in [0.4, 0.5) is 22.0 Å². The first-order valence-electron chi connectivity index (χ1n) is 10.6. The Morgan fingerprint density at radius 2 is 1.79 bits per heavy atom. The predicted molar refractivity (Wildman–Crippen MR) is 123 cm³/mol. The number of hydrogen-bond donors (Lipinski definition) is 0. The lowest BCUT2D eigenvalue weighted by molar-refractivity contribution is -0.385. The smallest absolute Gasteiger partial charge is 0.410 e. The zero-order chi connectivity index (χ0) is 23.4. The van der Waals surface area contributed by atoms with Gasteiger partial charge in [0.2, 0.25) is 0 Å². The summed E-state index contributed by atoms with van der Waals surface area (Å²) in [4.78, 5) is 29.7. The number of pyridine rings is 1. The van der Waals surface area contributed by atoms with E-state index in [9.17, 15) is 14.9 Å². The second-order valence-corrected chi connectivity index (χ2v) is 7.65. The third-order valence-corrected chi connectivity index (χ3v) is 5.56. The van der Waals surface area contributed by atoms with E-state index in [2.05, 4.69) is 4.98 Å². The number of aromatic nitrogens is 1. The molecule has 1 atom stereocenters. The van der Waals surface area contributed by atoms with Crippen molar-refractivity contribution >= 4 is 23.3 Å². The Hall–Kier alpha value is -4.14. The van der Waals surface area contributed by atoms with Crippen molar-refractivity contribution in [1.29, 1.82) is 0 Å². The molecule has 2 aromatic carbocycles. The molecule has 0 N–H and O–H groups in total. The predicted octanol–water partition coefficient (Wildman–Crippen LogP) is 4.93. The molecule has 170 valence electrons. The molecule has 0 spiro atoms. The fourth-order valence-electron chi connectivity index (χ4n) is 3.70. The van der Waals surface area contributed by atoms with Gasteiger partial charge in [-0.1, -0.05) is 12.1 Å². The zero-order valence-corrected chi connectivity index (χ0v) is 18.4. The summed E-state index contributed by atoms with van der Waals surface area (Å²) in [7, 11) is 1.84. The number of hydrogen-bond acceptors (Lipinski definition) is 7. The number of anilines is 2. The number of ether oxygens (including phenoxy) is 2. The molecule has 1 aliphatic heterocycles. The number of likely N-dealkylation sites (N-methyl/N-ethyl adjacent to an activating group) is 1. The molecule has 0 aliphatic carbocycles. The van der Waals surface area contributed by atoms with E-state index in [4.69, 9.17) is 9.47 Å². The van der Waals surface area contributed by atoms with Gasteiger partial charge < -0.3 is 19.3 Å². The number of nitrogens with zero attached hydrogens (tertiary/aromatic N) is 4. The molecule has 2 heterocycles. The number of amides is 1. The number of cyclic esters (lactones) is 1. The minimum atomic E-state index is -0.473. The van der Waals surface area contributed by atoms with Crippen LogP contribution in [0, 0.1) is 10.1 Å². The topological polar surface area (TPSA) is 98.0 Å². The summed E-state index contributed by atoms with van der Waals surface area (Å²) in [6.45, 7) is 3.00. The minimum Gasteiger partial charge on any atom is -0.457 e. The van der Waals surface area contributed by atoms with Gasteiger partial charge >= 0.3 is 6.09 Å². The molecule has 1 aromatic heterocycles. The van der Waals surface area contributed by atoms with Crippen LogP contribution in [0.3, 0.4) is 0 Å². The Kier molecular flexibility index (Phi) is 6.39. The maximum absolute atomic E-state index is 11.7. The Labute approximate surface area is 191 Å². The lowest BCUT2D eigenvalue weighted by atomic mass is 10.1. The molecule has 9 nitrogen and oxygen atoms in total. The van der Waals surface area contributed by atoms with Crippen molar-refractivity contribution in [2.75, 3.05) is 25.1 Å². The lowest BCUT2D eigenvalue weighted by Crippen LogP contribution is -2.34. The van der Waals surface area contributed by atoms with Crippen molar-refractivity contribution < 1.29 is 19.2 Å². The largest absolute Gasteiger partial charge is 0.457 e. The van der Waals surface area contributed by atoms with Crippen LogP contribution in [0.25, 0.3) is 0 Å². The van der Waals surface area contributed by atoms with Crippen LogP contribution < -0.4 is 9.64 Å². The van der Waals surface area contributed by atoms with Crippen LogP contribution >= 0.6 is 0 Å². The van der Waals surface area contributed by atoms with Crippen molar-refractivity contribution in [3.63, 3.8) is 0 Å². The summed E-state index contributed by atoms with van der Waals surface area (Å²) in [6.07, 6.45) is 1.72. The van der Waals surface area contributed by atoms with Gasteiger partial charge in [0, 0.05) is 25.3 Å². The zero-order valence-electron chi connectivity index (χ0n) is 18.4. The van der Waals surface area contributed by atoms with Gasteiger partial charge in [0.1, 0.15) is 30.1 Å². The first-order valence-corrected chi connectivity index (χ1v) is 10.6. The van der Waals surface area contributed by atoms with Gasteiger partial charge in [0.25, 0.3) is 5.69 Å². The summed E-state index contributed by atoms with van der Waals surface area (Å²) in [5.74, 6) is 1.99. The summed E-state index contributed by atoms with van der Waals surface area (Å²) >= 11 is 0. The molecule has 0 radical (unpaired) electrons. The highest BCUT2D eigenvalue weighted by Gasteiger charge is 2.31. The van der Waals surface area contributed by atoms with E-state index in [-0.39, 0.29) is 17.8 Å². The third-order valence-electron chi connectivity index (χ3n) is 5.56. The van der Waals surface area contributed by atoms with E-state index < -0.39 is 4.92 Å². The first kappa shape index (κ1) is 22.1. The van der Waals surface area contributed by atoms with Gasteiger partial charge in [-0.3, -0.25) is 10.1 Å². The fourth-order valence-corrected chi connectivity index (χ4v) is 3.70. The monoisotopic (exact) mass is 448 g/mol. The van der Waals surface area contributed by atoms with Gasteiger partial charge in [-0.05, 0) is 61.4 Å². The molecular formula is C24H24N4O5. The van der Waals surface area contributed by atoms with Crippen molar-refractivity contribution in [1.82, 2.24) is 9.88 Å². The van der Waals surface area contributed by atoms with Gasteiger partial charge in [-0.25, -0.2) is 9.78 Å². The molecule has 33 heavy (non-hydrogen) atoms. The van der Waals surface area contributed by atoms with Gasteiger partial charge in [-0.15, -0.1) is 0 Å². The Bertz CT molecular complexity index is 1120. The van der Waals surface area contributed by atoms with Crippen LogP contribution in [-0.2, 0) is 11.2 Å². The molecule has 1 fully saturated rings. The van der Waals surface area contributed by atoms with E-state index in [1.165, 1.54) is 12.3 Å². The quantitative estimate of drug-likeness (QED) is 0.356. The molecule has 0 saturated carbocycles. The fraction of sp³-hybridized carbons (Fsp3) is 0.250. The Morgan fingerprint density at radius 1 is 1.12 bits per heavy atom. The van der Waals surface area contributed by atoms with Crippen LogP contribution in [-0.4, -0.2) is 47.1 Å². The standard InChI is InChI=1S/C24H24N4O5/c1-3-27-20(16-32-24(27)29)14-17-4-9-21(10-5-17)33-22-11-6-18(7-12-22)26(2)23-13-8-19(15-25-23)28(30)31/h4-13,15,20H,3,14,16H2,1-2H3. The number of carbonyl (C=O) groups is 1. The van der Waals surface area contributed by atoms with Crippen molar-refractivity contribution in [2.24, 2.45) is 0 Å². The van der Waals surface area contributed by atoms with Gasteiger partial charge in [-0.2, -0.15) is 0 Å². The second-order valence-electron chi connectivity index (χ2n) is 7.65. The summed E-state index contributed by atoms with van der Waals surface area (Å²) in [5, 5.41) is 10.8. The molecule has 1 saturated heterocycles. The number of carbonyl (C=O) groups excluding carboxylic acids is 1. The summed E-state index contributed by atoms with van der Waals surface area (Å²) in [6, 6.07) is 18.4. The second kappa shape index (κ2) is 9.56. The molecule has 3 aromatic rings. The van der Waals surface area contributed by atoms with Crippen LogP contribution in [0.15, 0.2) is 66.9 Å². The van der Waals surface area contributed by atoms with Crippen molar-refractivity contribution in [2.45, 2.75) is 19.4 Å². The number of rotatable bonds is 8. The summed E-state index contributed by atoms with van der Waals surface area (Å²) in [5.41, 5.74) is 1.93. The molecule has 1 amide bonds. The van der Waals surface area contributed by atoms with Crippen molar-refractivity contribution in [3.05, 3.63) is 82.5 Å². The van der Waals surface area contributed by atoms with Crippen molar-refractivity contribution in [3.8, 4) is 11.5 Å². The molecule has 4 rings (SSSR count). The molecule has 0 bridgehead atoms. The highest BCUT2D eigenvalue weighted by molar-refractivity contribution is 5.70. The number of benzene rings is 2. The van der Waals surface area contributed by atoms with E-state index in [0.29, 0.717) is 30.5 Å². The van der Waals surface area contributed by atoms with E-state index in [0.717, 1.165) is 17.7 Å². The van der Waals surface area contributed by atoms with E-state index in [1.807, 2.05) is 67.4 Å². The van der Waals surface area contributed by atoms with Crippen LogP contribution in [0.2, 0.25) is 0 Å². The maximum atomic E-state index is 11.7. The molecule has 9 heteroatoms. The summed E-state index contributed by atoms with van der Waals surface area (Å²) < 4.78 is 11.1. The molecular weight excluding hydrogens is 424 g/mol. The average molecular weight is 448 g/mol. The third kappa shape index (κ3) is 5.03. The highest BCUT2D eigenvalue weighted by Crippen LogP contribution is 2.28. The van der Waals surface area contributed by atoms with Gasteiger partial charge in [0.15, 0.2) is 0 Å². The Morgan fingerprint density at radius 3 is 2.36 bits per heavy atom. The minimum absolute atomic E-state index is 0.0466. The number of nitro groups is 1. The Balaban J connectivity index is 1.36. The van der Waals surface area contributed by atoms with Gasteiger partial charge in [0.05, 0.1) is 11.0 Å². The van der Waals surface area contributed by atoms with E-state index in [1.54, 1.807) is 11.0 Å². The molecule has 1 unspecified atom stereocenters. The highest BCUT2D eigenvalue weighted by atomic mass is 16.6. The normalized spacial score (nSPS) is 15.3. The van der Waals surface area contributed by atoms with Crippen LogP contribution in [0.1, 0.15) is 12.5 Å². The maximum Gasteiger partial charge on any atom is 0.410 e. The molecule has 1 aliphatic rings. The first-order chi connectivity index (χ1) is 15.9. The average Bonchev–Trinajstić information content (AvgIpc) is 3.19. The SMILES string of the molecule is CCN1C(=O)OCC1Cc1ccc(Oc2ccc(N(C)c3ccc([N+](=O)[O-])cn3)cc2)cc1. The lowest BCUT2D eigenvalue weighted by Gasteiger charge is -2.19.